The summed E-state index contributed by atoms with van der Waals surface area (Å²) < 4.78 is 9.91. The van der Waals surface area contributed by atoms with Gasteiger partial charge in [0.05, 0.1) is 20.0 Å². The summed E-state index contributed by atoms with van der Waals surface area (Å²) in [4.78, 5) is 35.4. The molecular formula is C18H27N3O6. The Labute approximate surface area is 158 Å². The molecule has 0 fully saturated rings. The number of hydrogen-bond donors (Lipinski definition) is 4. The van der Waals surface area contributed by atoms with Crippen molar-refractivity contribution in [2.45, 2.75) is 39.2 Å². The predicted molar refractivity (Wildman–Crippen MR) is 98.3 cm³/mol. The summed E-state index contributed by atoms with van der Waals surface area (Å²) in [6.07, 6.45) is 0.133. The van der Waals surface area contributed by atoms with Gasteiger partial charge in [-0.25, -0.2) is 0 Å². The van der Waals surface area contributed by atoms with Crippen LogP contribution in [0.4, 0.5) is 5.69 Å². The van der Waals surface area contributed by atoms with Crippen LogP contribution in [-0.4, -0.2) is 37.2 Å². The van der Waals surface area contributed by atoms with Gasteiger partial charge in [0.15, 0.2) is 5.75 Å². The first-order valence-electron chi connectivity index (χ1n) is 8.55. The highest BCUT2D eigenvalue weighted by Gasteiger charge is 2.25. The molecule has 0 saturated heterocycles. The Morgan fingerprint density at radius 3 is 2.33 bits per heavy atom. The van der Waals surface area contributed by atoms with Crippen molar-refractivity contribution in [2.75, 3.05) is 19.6 Å². The minimum atomic E-state index is -0.969. The molecule has 0 aliphatic carbocycles. The first kappa shape index (κ1) is 22.4. The second-order valence-electron chi connectivity index (χ2n) is 6.36. The summed E-state index contributed by atoms with van der Waals surface area (Å²) in [7, 11) is 2.70. The molecule has 1 aromatic rings. The molecule has 0 aromatic heterocycles. The molecule has 5 N–H and O–H groups in total. The van der Waals surface area contributed by atoms with E-state index in [1.54, 1.807) is 6.07 Å². The van der Waals surface area contributed by atoms with Crippen molar-refractivity contribution in [1.82, 2.24) is 5.32 Å². The Morgan fingerprint density at radius 1 is 1.19 bits per heavy atom. The Morgan fingerprint density at radius 2 is 1.81 bits per heavy atom. The van der Waals surface area contributed by atoms with Crippen LogP contribution in [0.15, 0.2) is 12.1 Å². The van der Waals surface area contributed by atoms with Crippen molar-refractivity contribution in [3.63, 3.8) is 0 Å². The van der Waals surface area contributed by atoms with Crippen molar-refractivity contribution in [3.05, 3.63) is 23.3 Å². The van der Waals surface area contributed by atoms with Crippen LogP contribution in [0.1, 0.15) is 43.9 Å². The second-order valence-corrected chi connectivity index (χ2v) is 6.36. The highest BCUT2D eigenvalue weighted by atomic mass is 16.5. The maximum atomic E-state index is 12.2. The number of ether oxygens (including phenoxy) is 2. The smallest absolute Gasteiger partial charge is 0.311 e. The van der Waals surface area contributed by atoms with Gasteiger partial charge in [0, 0.05) is 12.6 Å². The first-order chi connectivity index (χ1) is 12.7. The lowest BCUT2D eigenvalue weighted by atomic mass is 9.92. The molecular weight excluding hydrogens is 354 g/mol. The number of nitrogens with two attached hydrogens (primary N) is 1. The van der Waals surface area contributed by atoms with Gasteiger partial charge in [0.2, 0.25) is 5.91 Å². The van der Waals surface area contributed by atoms with Gasteiger partial charge in [0.25, 0.3) is 0 Å². The lowest BCUT2D eigenvalue weighted by molar-refractivity contribution is -0.144. The molecule has 0 saturated carbocycles. The van der Waals surface area contributed by atoms with Crippen molar-refractivity contribution in [1.29, 1.82) is 0 Å². The van der Waals surface area contributed by atoms with E-state index in [9.17, 15) is 19.6 Å². The summed E-state index contributed by atoms with van der Waals surface area (Å²) in [6, 6.07) is 2.09. The molecule has 0 aliphatic heterocycles. The topological polar surface area (TPSA) is 140 Å². The standard InChI is InChI=1S/C18H27N3O6/c1-10(2)9-12-11(16(19)18(24)20-3)5-6-13(21-25)17(12)27-15(23)8-7-14(22)26-4/h5-6,10,16,21,25H,7-9,19H2,1-4H3,(H,20,24)/t16-/m1/s1. The summed E-state index contributed by atoms with van der Waals surface area (Å²) >= 11 is 0. The van der Waals surface area contributed by atoms with Crippen molar-refractivity contribution >= 4 is 23.5 Å². The highest BCUT2D eigenvalue weighted by molar-refractivity contribution is 5.85. The number of esters is 2. The van der Waals surface area contributed by atoms with E-state index in [0.29, 0.717) is 17.5 Å². The van der Waals surface area contributed by atoms with Gasteiger partial charge in [-0.15, -0.1) is 0 Å². The van der Waals surface area contributed by atoms with E-state index in [-0.39, 0.29) is 30.2 Å². The highest BCUT2D eigenvalue weighted by Crippen LogP contribution is 2.36. The molecule has 1 aromatic carbocycles. The molecule has 9 heteroatoms. The van der Waals surface area contributed by atoms with Crippen LogP contribution in [0.2, 0.25) is 0 Å². The van der Waals surface area contributed by atoms with Crippen LogP contribution in [0.5, 0.6) is 5.75 Å². The third kappa shape index (κ3) is 6.22. The predicted octanol–water partition coefficient (Wildman–Crippen LogP) is 1.29. The Hall–Kier alpha value is -2.65. The number of rotatable bonds is 9. The number of methoxy groups -OCH3 is 1. The number of amides is 1. The zero-order valence-electron chi connectivity index (χ0n) is 16.0. The zero-order valence-corrected chi connectivity index (χ0v) is 16.0. The number of hydrogen-bond acceptors (Lipinski definition) is 8. The number of likely N-dealkylation sites (N-methyl/N-ethyl adjacent to an activating group) is 1. The van der Waals surface area contributed by atoms with E-state index in [4.69, 9.17) is 10.5 Å². The number of anilines is 1. The average molecular weight is 381 g/mol. The maximum Gasteiger partial charge on any atom is 0.311 e. The van der Waals surface area contributed by atoms with Gasteiger partial charge in [-0.05, 0) is 24.0 Å². The molecule has 0 bridgehead atoms. The fourth-order valence-electron chi connectivity index (χ4n) is 2.53. The molecule has 150 valence electrons. The molecule has 0 aliphatic rings. The van der Waals surface area contributed by atoms with Crippen molar-refractivity contribution < 1.29 is 29.1 Å². The van der Waals surface area contributed by atoms with Crippen LogP contribution < -0.4 is 21.3 Å². The normalized spacial score (nSPS) is 11.7. The molecule has 0 unspecified atom stereocenters. The number of benzene rings is 1. The van der Waals surface area contributed by atoms with E-state index in [1.165, 1.54) is 20.2 Å². The lowest BCUT2D eigenvalue weighted by Crippen LogP contribution is -2.32. The minimum Gasteiger partial charge on any atom is -0.469 e. The largest absolute Gasteiger partial charge is 0.469 e. The Bertz CT molecular complexity index is 690. The van der Waals surface area contributed by atoms with Gasteiger partial charge in [0.1, 0.15) is 11.7 Å². The summed E-state index contributed by atoms with van der Waals surface area (Å²) in [6.45, 7) is 3.91. The molecule has 1 rings (SSSR count). The molecule has 9 nitrogen and oxygen atoms in total. The van der Waals surface area contributed by atoms with E-state index in [2.05, 4.69) is 10.1 Å². The quantitative estimate of drug-likeness (QED) is 0.285. The van der Waals surface area contributed by atoms with E-state index in [1.807, 2.05) is 19.3 Å². The summed E-state index contributed by atoms with van der Waals surface area (Å²) in [5, 5.41) is 11.9. The molecule has 27 heavy (non-hydrogen) atoms. The van der Waals surface area contributed by atoms with E-state index in [0.717, 1.165) is 0 Å². The minimum absolute atomic E-state index is 0.0814. The van der Waals surface area contributed by atoms with E-state index >= 15 is 0 Å². The van der Waals surface area contributed by atoms with E-state index < -0.39 is 23.9 Å². The van der Waals surface area contributed by atoms with Crippen LogP contribution >= 0.6 is 0 Å². The van der Waals surface area contributed by atoms with Crippen molar-refractivity contribution in [3.8, 4) is 5.75 Å². The average Bonchev–Trinajstić information content (AvgIpc) is 2.65. The first-order valence-corrected chi connectivity index (χ1v) is 8.55. The maximum absolute atomic E-state index is 12.2. The number of carbonyl (C=O) groups excluding carboxylic acids is 3. The fraction of sp³-hybridized carbons (Fsp3) is 0.500. The monoisotopic (exact) mass is 381 g/mol. The molecule has 1 amide bonds. The summed E-state index contributed by atoms with van der Waals surface area (Å²) in [5.41, 5.74) is 9.20. The van der Waals surface area contributed by atoms with Gasteiger partial charge in [-0.2, -0.15) is 0 Å². The molecule has 0 radical (unpaired) electrons. The van der Waals surface area contributed by atoms with Gasteiger partial charge < -0.3 is 20.5 Å². The van der Waals surface area contributed by atoms with Gasteiger partial charge in [-0.1, -0.05) is 19.9 Å². The second kappa shape index (κ2) is 10.5. The zero-order chi connectivity index (χ0) is 20.6. The van der Waals surface area contributed by atoms with Gasteiger partial charge >= 0.3 is 11.9 Å². The van der Waals surface area contributed by atoms with Crippen LogP contribution in [0.25, 0.3) is 0 Å². The SMILES string of the molecule is CNC(=O)[C@H](N)c1ccc(NO)c(OC(=O)CCC(=O)OC)c1CC(C)C. The Balaban J connectivity index is 3.30. The third-order valence-corrected chi connectivity index (χ3v) is 3.87. The van der Waals surface area contributed by atoms with Crippen LogP contribution in [0.3, 0.4) is 0 Å². The fourth-order valence-corrected chi connectivity index (χ4v) is 2.53. The third-order valence-electron chi connectivity index (χ3n) is 3.87. The van der Waals surface area contributed by atoms with Crippen molar-refractivity contribution in [2.24, 2.45) is 11.7 Å². The van der Waals surface area contributed by atoms with Gasteiger partial charge in [-0.3, -0.25) is 25.1 Å². The van der Waals surface area contributed by atoms with Crippen LogP contribution in [-0.2, 0) is 25.5 Å². The number of carbonyl (C=O) groups is 3. The molecule has 1 atom stereocenters. The molecule has 0 spiro atoms. The molecule has 0 heterocycles. The number of nitrogens with one attached hydrogen (secondary N) is 2. The van der Waals surface area contributed by atoms with Crippen LogP contribution in [0, 0.1) is 5.92 Å². The Kier molecular flexibility index (Phi) is 8.70. The lowest BCUT2D eigenvalue weighted by Gasteiger charge is -2.21. The summed E-state index contributed by atoms with van der Waals surface area (Å²) in [5.74, 6) is -1.37.